The van der Waals surface area contributed by atoms with Crippen LogP contribution in [0.2, 0.25) is 5.02 Å². The van der Waals surface area contributed by atoms with Crippen molar-refractivity contribution < 1.29 is 0 Å². The lowest BCUT2D eigenvalue weighted by molar-refractivity contribution is 0.197. The summed E-state index contributed by atoms with van der Waals surface area (Å²) in [4.78, 5) is 6.90. The van der Waals surface area contributed by atoms with E-state index < -0.39 is 0 Å². The Bertz CT molecular complexity index is 352. The van der Waals surface area contributed by atoms with Crippen LogP contribution >= 0.6 is 11.6 Å². The number of pyridine rings is 1. The van der Waals surface area contributed by atoms with Crippen LogP contribution in [-0.2, 0) is 6.54 Å². The number of likely N-dealkylation sites (tertiary alicyclic amines) is 1. The molecule has 3 heteroatoms. The molecule has 16 heavy (non-hydrogen) atoms. The molecule has 1 aromatic heterocycles. The molecule has 1 saturated heterocycles. The molecule has 1 fully saturated rings. The summed E-state index contributed by atoms with van der Waals surface area (Å²) in [6, 6.07) is 4.51. The second kappa shape index (κ2) is 5.15. The number of rotatable bonds is 3. The minimum absolute atomic E-state index is 0.709. The highest BCUT2D eigenvalue weighted by Gasteiger charge is 2.26. The van der Waals surface area contributed by atoms with Gasteiger partial charge in [-0.1, -0.05) is 25.4 Å². The fourth-order valence-corrected chi connectivity index (χ4v) is 2.73. The smallest absolute Gasteiger partial charge is 0.0558 e. The minimum Gasteiger partial charge on any atom is -0.294 e. The van der Waals surface area contributed by atoms with Crippen molar-refractivity contribution in [3.63, 3.8) is 0 Å². The van der Waals surface area contributed by atoms with Gasteiger partial charge < -0.3 is 0 Å². The standard InChI is InChI=1S/C13H19ClN2/c1-10(2)13-4-3-7-16(13)9-12-8-11(14)5-6-15-12/h5-6,8,10,13H,3-4,7,9H2,1-2H3. The zero-order chi connectivity index (χ0) is 11.5. The van der Waals surface area contributed by atoms with Gasteiger partial charge in [-0.15, -0.1) is 0 Å². The predicted octanol–water partition coefficient (Wildman–Crippen LogP) is 3.36. The fraction of sp³-hybridized carbons (Fsp3) is 0.615. The molecule has 0 aliphatic carbocycles. The van der Waals surface area contributed by atoms with Crippen LogP contribution in [0.3, 0.4) is 0 Å². The van der Waals surface area contributed by atoms with E-state index >= 15 is 0 Å². The summed E-state index contributed by atoms with van der Waals surface area (Å²) in [6.45, 7) is 6.73. The number of hydrogen-bond acceptors (Lipinski definition) is 2. The zero-order valence-electron chi connectivity index (χ0n) is 9.99. The Labute approximate surface area is 103 Å². The number of hydrogen-bond donors (Lipinski definition) is 0. The van der Waals surface area contributed by atoms with Crippen molar-refractivity contribution in [2.45, 2.75) is 39.3 Å². The van der Waals surface area contributed by atoms with Gasteiger partial charge >= 0.3 is 0 Å². The van der Waals surface area contributed by atoms with Crippen molar-refractivity contribution >= 4 is 11.6 Å². The lowest BCUT2D eigenvalue weighted by atomic mass is 10.0. The summed E-state index contributed by atoms with van der Waals surface area (Å²) in [6.07, 6.45) is 4.42. The lowest BCUT2D eigenvalue weighted by Gasteiger charge is -2.27. The monoisotopic (exact) mass is 238 g/mol. The van der Waals surface area contributed by atoms with Crippen LogP contribution in [-0.4, -0.2) is 22.5 Å². The third-order valence-electron chi connectivity index (χ3n) is 3.33. The second-order valence-corrected chi connectivity index (χ2v) is 5.33. The van der Waals surface area contributed by atoms with Gasteiger partial charge in [0, 0.05) is 23.8 Å². The van der Waals surface area contributed by atoms with Gasteiger partial charge in [0.05, 0.1) is 5.69 Å². The maximum atomic E-state index is 5.97. The molecular weight excluding hydrogens is 220 g/mol. The van der Waals surface area contributed by atoms with Gasteiger partial charge in [0.15, 0.2) is 0 Å². The van der Waals surface area contributed by atoms with Crippen molar-refractivity contribution in [2.75, 3.05) is 6.54 Å². The van der Waals surface area contributed by atoms with E-state index in [9.17, 15) is 0 Å². The Hall–Kier alpha value is -0.600. The van der Waals surface area contributed by atoms with Gasteiger partial charge in [-0.25, -0.2) is 0 Å². The van der Waals surface area contributed by atoms with Crippen molar-refractivity contribution in [1.82, 2.24) is 9.88 Å². The van der Waals surface area contributed by atoms with Gasteiger partial charge in [0.25, 0.3) is 0 Å². The first-order chi connectivity index (χ1) is 7.66. The molecule has 0 saturated carbocycles. The SMILES string of the molecule is CC(C)C1CCCN1Cc1cc(Cl)ccn1. The molecule has 0 amide bonds. The molecule has 0 N–H and O–H groups in total. The van der Waals surface area contributed by atoms with Gasteiger partial charge in [-0.2, -0.15) is 0 Å². The van der Waals surface area contributed by atoms with Gasteiger partial charge in [-0.05, 0) is 37.4 Å². The molecule has 0 bridgehead atoms. The summed E-state index contributed by atoms with van der Waals surface area (Å²) >= 11 is 5.97. The molecule has 1 unspecified atom stereocenters. The zero-order valence-corrected chi connectivity index (χ0v) is 10.7. The average Bonchev–Trinajstić information content (AvgIpc) is 2.66. The van der Waals surface area contributed by atoms with Gasteiger partial charge in [0.1, 0.15) is 0 Å². The third-order valence-corrected chi connectivity index (χ3v) is 3.56. The molecule has 1 aromatic rings. The fourth-order valence-electron chi connectivity index (χ4n) is 2.55. The third kappa shape index (κ3) is 2.74. The van der Waals surface area contributed by atoms with Crippen LogP contribution in [0.4, 0.5) is 0 Å². The van der Waals surface area contributed by atoms with Crippen LogP contribution in [0.15, 0.2) is 18.3 Å². The van der Waals surface area contributed by atoms with Crippen molar-refractivity contribution in [3.05, 3.63) is 29.0 Å². The van der Waals surface area contributed by atoms with E-state index in [0.717, 1.165) is 23.2 Å². The van der Waals surface area contributed by atoms with E-state index in [1.165, 1.54) is 19.4 Å². The first-order valence-corrected chi connectivity index (χ1v) is 6.39. The lowest BCUT2D eigenvalue weighted by Crippen LogP contribution is -2.33. The molecule has 2 heterocycles. The number of halogens is 1. The molecule has 88 valence electrons. The molecule has 2 nitrogen and oxygen atoms in total. The number of nitrogens with zero attached hydrogens (tertiary/aromatic N) is 2. The Balaban J connectivity index is 2.04. The summed E-state index contributed by atoms with van der Waals surface area (Å²) < 4.78 is 0. The summed E-state index contributed by atoms with van der Waals surface area (Å²) in [5.41, 5.74) is 1.08. The first kappa shape index (κ1) is 11.9. The number of aromatic nitrogens is 1. The van der Waals surface area contributed by atoms with Crippen LogP contribution < -0.4 is 0 Å². The summed E-state index contributed by atoms with van der Waals surface area (Å²) in [5.74, 6) is 0.724. The van der Waals surface area contributed by atoms with Crippen molar-refractivity contribution in [3.8, 4) is 0 Å². The highest BCUT2D eigenvalue weighted by Crippen LogP contribution is 2.25. The summed E-state index contributed by atoms with van der Waals surface area (Å²) in [7, 11) is 0. The molecule has 0 radical (unpaired) electrons. The maximum Gasteiger partial charge on any atom is 0.0558 e. The van der Waals surface area contributed by atoms with Gasteiger partial charge in [-0.3, -0.25) is 9.88 Å². The Morgan fingerprint density at radius 2 is 2.38 bits per heavy atom. The quantitative estimate of drug-likeness (QED) is 0.803. The largest absolute Gasteiger partial charge is 0.294 e. The molecule has 1 atom stereocenters. The Morgan fingerprint density at radius 1 is 1.56 bits per heavy atom. The van der Waals surface area contributed by atoms with Crippen molar-refractivity contribution in [2.24, 2.45) is 5.92 Å². The predicted molar refractivity (Wildman–Crippen MR) is 67.5 cm³/mol. The normalized spacial score (nSPS) is 21.9. The molecule has 0 spiro atoms. The highest BCUT2D eigenvalue weighted by atomic mass is 35.5. The average molecular weight is 239 g/mol. The first-order valence-electron chi connectivity index (χ1n) is 6.01. The Kier molecular flexibility index (Phi) is 3.82. The van der Waals surface area contributed by atoms with Crippen LogP contribution in [0, 0.1) is 5.92 Å². The molecular formula is C13H19ClN2. The minimum atomic E-state index is 0.709. The van der Waals surface area contributed by atoms with Crippen molar-refractivity contribution in [1.29, 1.82) is 0 Å². The Morgan fingerprint density at radius 3 is 3.06 bits per heavy atom. The molecule has 1 aliphatic heterocycles. The van der Waals surface area contributed by atoms with E-state index in [1.54, 1.807) is 6.20 Å². The molecule has 1 aliphatic rings. The van der Waals surface area contributed by atoms with Crippen LogP contribution in [0.5, 0.6) is 0 Å². The van der Waals surface area contributed by atoms with Crippen LogP contribution in [0.1, 0.15) is 32.4 Å². The molecule has 0 aromatic carbocycles. The topological polar surface area (TPSA) is 16.1 Å². The second-order valence-electron chi connectivity index (χ2n) is 4.89. The highest BCUT2D eigenvalue weighted by molar-refractivity contribution is 6.30. The molecule has 2 rings (SSSR count). The summed E-state index contributed by atoms with van der Waals surface area (Å²) in [5, 5.41) is 0.783. The maximum absolute atomic E-state index is 5.97. The van der Waals surface area contributed by atoms with E-state index in [-0.39, 0.29) is 0 Å². The van der Waals surface area contributed by atoms with Gasteiger partial charge in [0.2, 0.25) is 0 Å². The van der Waals surface area contributed by atoms with E-state index in [1.807, 2.05) is 12.1 Å². The van der Waals surface area contributed by atoms with Crippen LogP contribution in [0.25, 0.3) is 0 Å². The van der Waals surface area contributed by atoms with E-state index in [4.69, 9.17) is 11.6 Å². The van der Waals surface area contributed by atoms with E-state index in [0.29, 0.717) is 6.04 Å². The van der Waals surface area contributed by atoms with E-state index in [2.05, 4.69) is 23.7 Å².